The van der Waals surface area contributed by atoms with E-state index in [1.54, 1.807) is 0 Å². The monoisotopic (exact) mass is 1070 g/mol. The molecule has 0 heterocycles. The van der Waals surface area contributed by atoms with E-state index < -0.39 is 5.41 Å². The Bertz CT molecular complexity index is 4440. The standard InChI is InChI=1S/C85H52/c1-3-74(2)28-4-6-30-75(52-53-75)32-8-10-34-77(56-57-77)36-12-14-38-79(60-61-79)40-16-18-42-81(64-65-81)44-20-22-46-83(68-69-83)48-24-26-50-85(72-73-85)51-27-25-49-84(70-71-84)47-23-21-45-82(66-67-82)43-19-17-41-80(62-63-80)39-15-13-37-78(58-59-78)35-11-9-33-76(54-55-76)31-7-5-29-74/h3,52-73H2,1-2H3. The molecule has 0 atom stereocenters. The summed E-state index contributed by atoms with van der Waals surface area (Å²) in [7, 11) is 0. The third-order valence-electron chi connectivity index (χ3n) is 17.0. The van der Waals surface area contributed by atoms with Crippen LogP contribution >= 0.6 is 0 Å². The van der Waals surface area contributed by atoms with Gasteiger partial charge in [0.05, 0.1) is 65.0 Å². The average Bonchev–Trinajstić information content (AvgIpc) is 4.50. The van der Waals surface area contributed by atoms with Gasteiger partial charge in [0.2, 0.25) is 0 Å². The summed E-state index contributed by atoms with van der Waals surface area (Å²) in [6.07, 6.45) is 20.9. The third kappa shape index (κ3) is 15.5. The molecule has 12 aliphatic carbocycles. The highest BCUT2D eigenvalue weighted by molar-refractivity contribution is 5.54. The van der Waals surface area contributed by atoms with E-state index >= 15 is 0 Å². The highest BCUT2D eigenvalue weighted by atomic mass is 14.5. The molecule has 11 saturated carbocycles. The maximum absolute atomic E-state index is 3.30. The van der Waals surface area contributed by atoms with Crippen LogP contribution in [0.5, 0.6) is 0 Å². The first-order valence-electron chi connectivity index (χ1n) is 29.8. The molecule has 392 valence electrons. The van der Waals surface area contributed by atoms with Crippen LogP contribution in [0.3, 0.4) is 0 Å². The van der Waals surface area contributed by atoms with Crippen molar-refractivity contribution in [3.63, 3.8) is 0 Å². The van der Waals surface area contributed by atoms with Crippen molar-refractivity contribution in [2.45, 2.75) is 162 Å². The van der Waals surface area contributed by atoms with Gasteiger partial charge in [-0.25, -0.2) is 0 Å². The second kappa shape index (κ2) is 22.0. The van der Waals surface area contributed by atoms with Crippen LogP contribution in [0.2, 0.25) is 0 Å². The van der Waals surface area contributed by atoms with Gasteiger partial charge in [0.25, 0.3) is 0 Å². The minimum atomic E-state index is -0.539. The molecule has 0 aromatic heterocycles. The van der Waals surface area contributed by atoms with E-state index in [0.717, 1.165) is 148 Å². The molecule has 0 unspecified atom stereocenters. The van der Waals surface area contributed by atoms with Crippen LogP contribution < -0.4 is 0 Å². The smallest absolute Gasteiger partial charge is 0.0694 e. The molecule has 12 rings (SSSR count). The summed E-state index contributed by atoms with van der Waals surface area (Å²) < 4.78 is 0. The lowest BCUT2D eigenvalue weighted by molar-refractivity contribution is 0.579. The van der Waals surface area contributed by atoms with Crippen LogP contribution in [0.1, 0.15) is 162 Å². The topological polar surface area (TPSA) is 0 Å². The van der Waals surface area contributed by atoms with Gasteiger partial charge in [0.1, 0.15) is 0 Å². The van der Waals surface area contributed by atoms with Crippen LogP contribution in [0.25, 0.3) is 0 Å². The van der Waals surface area contributed by atoms with Gasteiger partial charge in [-0.2, -0.15) is 0 Å². The fraction of sp³-hybridized carbons (Fsp3) is 0.435. The summed E-state index contributed by atoms with van der Waals surface area (Å²) in [6, 6.07) is 0. The quantitative estimate of drug-likeness (QED) is 0.230. The van der Waals surface area contributed by atoms with Crippen molar-refractivity contribution in [2.75, 3.05) is 0 Å². The zero-order valence-electron chi connectivity index (χ0n) is 48.3. The van der Waals surface area contributed by atoms with Crippen molar-refractivity contribution < 1.29 is 0 Å². The summed E-state index contributed by atoms with van der Waals surface area (Å²) >= 11 is 0. The highest BCUT2D eigenvalue weighted by Crippen LogP contribution is 2.50. The summed E-state index contributed by atoms with van der Waals surface area (Å²) in [4.78, 5) is 0. The van der Waals surface area contributed by atoms with Crippen molar-refractivity contribution in [2.24, 2.45) is 65.0 Å². The summed E-state index contributed by atoms with van der Waals surface area (Å²) in [5, 5.41) is 0. The van der Waals surface area contributed by atoms with Gasteiger partial charge >= 0.3 is 0 Å². The van der Waals surface area contributed by atoms with Gasteiger partial charge in [0, 0.05) is 0 Å². The minimum Gasteiger partial charge on any atom is -0.0694 e. The molecular weight excluding hydrogens is 1020 g/mol. The number of hydrogen-bond acceptors (Lipinski definition) is 0. The van der Waals surface area contributed by atoms with Gasteiger partial charge < -0.3 is 0 Å². The normalized spacial score (nSPS) is 25.6. The van der Waals surface area contributed by atoms with Crippen molar-refractivity contribution in [3.05, 3.63) is 0 Å². The number of hydrogen-bond donors (Lipinski definition) is 0. The van der Waals surface area contributed by atoms with Crippen LogP contribution in [-0.2, 0) is 0 Å². The lowest BCUT2D eigenvalue weighted by atomic mass is 9.89. The molecule has 0 aromatic rings. The van der Waals surface area contributed by atoms with E-state index in [1.165, 1.54) is 0 Å². The molecule has 0 amide bonds. The first-order chi connectivity index (χ1) is 41.3. The molecule has 11 spiro atoms. The summed E-state index contributed by atoms with van der Waals surface area (Å²) in [6.45, 7) is 4.10. The molecular formula is C85H52. The zero-order valence-corrected chi connectivity index (χ0v) is 48.3. The largest absolute Gasteiger partial charge is 0.0940 e. The van der Waals surface area contributed by atoms with Gasteiger partial charge in [-0.3, -0.25) is 0 Å². The Hall–Kier alpha value is -10.6. The lowest BCUT2D eigenvalue weighted by Gasteiger charge is -2.11. The van der Waals surface area contributed by atoms with E-state index in [-0.39, 0.29) is 59.6 Å². The Balaban J connectivity index is 0.723. The van der Waals surface area contributed by atoms with Crippen LogP contribution in [0.15, 0.2) is 0 Å². The average molecular weight is 1070 g/mol. The SMILES string of the molecule is CCC1(C)C#CC#CC2(C#CC#CC3(C#CC#CC4(C#CC#CC5(C#CC#CC6(C#CC#CC7(C#CC#CC8(C#CC#CC9(C#CC#CC%10(C#CC#CC%11(C#CC#CC%12(C#CC#C1)CC%12)CC%11)CC%10)CC9)CC8)CC7)CC6)CC5)CC4)CC3)CC2. The molecule has 0 heteroatoms. The maximum Gasteiger partial charge on any atom is 0.0940 e. The first-order valence-corrected chi connectivity index (χ1v) is 29.8. The van der Waals surface area contributed by atoms with Gasteiger partial charge in [-0.05, 0) is 297 Å². The first kappa shape index (κ1) is 55.0. The van der Waals surface area contributed by atoms with Gasteiger partial charge in [-0.1, -0.05) is 149 Å². The van der Waals surface area contributed by atoms with Crippen molar-refractivity contribution in [3.8, 4) is 284 Å². The van der Waals surface area contributed by atoms with Gasteiger partial charge in [0.15, 0.2) is 0 Å². The molecule has 11 fully saturated rings. The predicted octanol–water partition coefficient (Wildman–Crippen LogP) is 10.1. The fourth-order valence-electron chi connectivity index (χ4n) is 8.33. The predicted molar refractivity (Wildman–Crippen MR) is 333 cm³/mol. The molecule has 0 radical (unpaired) electrons. The van der Waals surface area contributed by atoms with Crippen molar-refractivity contribution in [1.82, 2.24) is 0 Å². The Labute approximate surface area is 507 Å². The third-order valence-corrected chi connectivity index (χ3v) is 17.0. The lowest BCUT2D eigenvalue weighted by Crippen LogP contribution is -2.08. The van der Waals surface area contributed by atoms with E-state index in [0.29, 0.717) is 0 Å². The zero-order chi connectivity index (χ0) is 58.2. The summed E-state index contributed by atoms with van der Waals surface area (Å²) in [5.41, 5.74) is -4.26. The van der Waals surface area contributed by atoms with E-state index in [4.69, 9.17) is 0 Å². The minimum absolute atomic E-state index is 0.332. The summed E-state index contributed by atoms with van der Waals surface area (Å²) in [5.74, 6) is 153. The van der Waals surface area contributed by atoms with Crippen molar-refractivity contribution in [1.29, 1.82) is 0 Å². The van der Waals surface area contributed by atoms with Crippen LogP contribution in [-0.4, -0.2) is 0 Å². The molecule has 0 aliphatic heterocycles. The fourth-order valence-corrected chi connectivity index (χ4v) is 8.33. The highest BCUT2D eigenvalue weighted by Gasteiger charge is 2.46. The van der Waals surface area contributed by atoms with Crippen molar-refractivity contribution >= 4 is 0 Å². The van der Waals surface area contributed by atoms with Gasteiger partial charge in [-0.15, -0.1) is 0 Å². The van der Waals surface area contributed by atoms with E-state index in [9.17, 15) is 0 Å². The van der Waals surface area contributed by atoms with Crippen LogP contribution in [0, 0.1) is 349 Å². The van der Waals surface area contributed by atoms with Crippen LogP contribution in [0.4, 0.5) is 0 Å². The Morgan fingerprint density at radius 1 is 0.153 bits per heavy atom. The van der Waals surface area contributed by atoms with E-state index in [1.807, 2.05) is 6.92 Å². The molecule has 0 nitrogen and oxygen atoms in total. The second-order valence-corrected chi connectivity index (χ2v) is 25.1. The molecule has 85 heavy (non-hydrogen) atoms. The maximum atomic E-state index is 3.30. The number of rotatable bonds is 1. The van der Waals surface area contributed by atoms with E-state index in [2.05, 4.69) is 291 Å². The second-order valence-electron chi connectivity index (χ2n) is 25.1. The molecule has 0 bridgehead atoms. The Morgan fingerprint density at radius 3 is 0.306 bits per heavy atom. The molecule has 0 aromatic carbocycles. The Morgan fingerprint density at radius 2 is 0.235 bits per heavy atom. The Kier molecular flexibility index (Phi) is 14.2. The molecule has 0 saturated heterocycles. The molecule has 12 aliphatic rings. The molecule has 0 N–H and O–H groups in total.